The zero-order valence-electron chi connectivity index (χ0n) is 10.7. The minimum atomic E-state index is -0.896. The molecule has 1 atom stereocenters. The minimum Gasteiger partial charge on any atom is -0.480 e. The van der Waals surface area contributed by atoms with Gasteiger partial charge < -0.3 is 10.4 Å². The maximum atomic E-state index is 12.0. The van der Waals surface area contributed by atoms with Crippen molar-refractivity contribution in [1.82, 2.24) is 5.32 Å². The number of carbonyl (C=O) groups excluding carboxylic acids is 1. The highest BCUT2D eigenvalue weighted by molar-refractivity contribution is 5.85. The van der Waals surface area contributed by atoms with Crippen molar-refractivity contribution >= 4 is 11.9 Å². The predicted octanol–water partition coefficient (Wildman–Crippen LogP) is 2.18. The first kappa shape index (κ1) is 14.0. The number of rotatable bonds is 8. The predicted molar refractivity (Wildman–Crippen MR) is 65.6 cm³/mol. The van der Waals surface area contributed by atoms with Gasteiger partial charge in [0, 0.05) is 5.92 Å². The van der Waals surface area contributed by atoms with Crippen molar-refractivity contribution in [1.29, 1.82) is 0 Å². The van der Waals surface area contributed by atoms with Gasteiger partial charge in [0.2, 0.25) is 5.91 Å². The Labute approximate surface area is 103 Å². The molecule has 1 amide bonds. The molecule has 1 unspecified atom stereocenters. The lowest BCUT2D eigenvalue weighted by Gasteiger charge is -2.19. The monoisotopic (exact) mass is 241 g/mol. The summed E-state index contributed by atoms with van der Waals surface area (Å²) in [6.45, 7) is 4.09. The topological polar surface area (TPSA) is 66.4 Å². The van der Waals surface area contributed by atoms with Crippen molar-refractivity contribution in [3.05, 3.63) is 0 Å². The highest BCUT2D eigenvalue weighted by Crippen LogP contribution is 2.33. The zero-order valence-corrected chi connectivity index (χ0v) is 10.7. The number of nitrogens with one attached hydrogen (secondary N) is 1. The summed E-state index contributed by atoms with van der Waals surface area (Å²) in [4.78, 5) is 23.0. The Hall–Kier alpha value is -1.06. The fraction of sp³-hybridized carbons (Fsp3) is 0.846. The Morgan fingerprint density at radius 3 is 2.12 bits per heavy atom. The van der Waals surface area contributed by atoms with Gasteiger partial charge in [-0.2, -0.15) is 0 Å². The van der Waals surface area contributed by atoms with Gasteiger partial charge >= 0.3 is 5.97 Å². The van der Waals surface area contributed by atoms with Crippen LogP contribution in [0.2, 0.25) is 0 Å². The number of carboxylic acids is 1. The molecule has 0 aliphatic heterocycles. The average molecular weight is 241 g/mol. The fourth-order valence-corrected chi connectivity index (χ4v) is 2.19. The van der Waals surface area contributed by atoms with Crippen LogP contribution in [0.3, 0.4) is 0 Å². The highest BCUT2D eigenvalue weighted by atomic mass is 16.4. The van der Waals surface area contributed by atoms with E-state index in [2.05, 4.69) is 5.32 Å². The maximum Gasteiger partial charge on any atom is 0.326 e. The third-order valence-electron chi connectivity index (χ3n) is 3.30. The van der Waals surface area contributed by atoms with Gasteiger partial charge in [0.15, 0.2) is 0 Å². The molecule has 2 N–H and O–H groups in total. The van der Waals surface area contributed by atoms with Crippen LogP contribution in [0.15, 0.2) is 0 Å². The smallest absolute Gasteiger partial charge is 0.326 e. The van der Waals surface area contributed by atoms with Crippen LogP contribution in [0.4, 0.5) is 0 Å². The number of amides is 1. The van der Waals surface area contributed by atoms with Crippen molar-refractivity contribution in [2.24, 2.45) is 11.8 Å². The molecule has 17 heavy (non-hydrogen) atoms. The van der Waals surface area contributed by atoms with Crippen LogP contribution in [0.1, 0.15) is 52.4 Å². The molecule has 0 radical (unpaired) electrons. The Balaban J connectivity index is 2.51. The van der Waals surface area contributed by atoms with E-state index < -0.39 is 12.0 Å². The van der Waals surface area contributed by atoms with Gasteiger partial charge in [0.05, 0.1) is 0 Å². The third-order valence-corrected chi connectivity index (χ3v) is 3.30. The van der Waals surface area contributed by atoms with Crippen LogP contribution in [0.5, 0.6) is 0 Å². The van der Waals surface area contributed by atoms with Crippen LogP contribution in [0, 0.1) is 11.8 Å². The number of carbonyl (C=O) groups is 2. The van der Waals surface area contributed by atoms with E-state index in [0.29, 0.717) is 0 Å². The summed E-state index contributed by atoms with van der Waals surface area (Å²) in [5.41, 5.74) is 0. The first-order valence-electron chi connectivity index (χ1n) is 6.63. The average Bonchev–Trinajstić information content (AvgIpc) is 3.08. The van der Waals surface area contributed by atoms with Gasteiger partial charge in [-0.15, -0.1) is 0 Å². The Kier molecular flexibility index (Phi) is 5.45. The molecule has 4 heteroatoms. The number of carboxylic acid groups (broad SMARTS) is 1. The second kappa shape index (κ2) is 6.62. The van der Waals surface area contributed by atoms with Crippen LogP contribution < -0.4 is 5.32 Å². The molecule has 0 aromatic rings. The standard InChI is InChI=1S/C13H23NO3/c1-3-5-10(6-4-2)12(15)14-11(13(16)17)9-7-8-9/h9-11H,3-8H2,1-2H3,(H,14,15)(H,16,17). The van der Waals surface area contributed by atoms with E-state index in [-0.39, 0.29) is 17.7 Å². The van der Waals surface area contributed by atoms with Crippen LogP contribution in [0.25, 0.3) is 0 Å². The molecular formula is C13H23NO3. The summed E-state index contributed by atoms with van der Waals surface area (Å²) < 4.78 is 0. The molecule has 0 aromatic carbocycles. The van der Waals surface area contributed by atoms with Crippen LogP contribution >= 0.6 is 0 Å². The van der Waals surface area contributed by atoms with Gasteiger partial charge in [0.25, 0.3) is 0 Å². The molecule has 98 valence electrons. The van der Waals surface area contributed by atoms with Gasteiger partial charge in [-0.05, 0) is 31.6 Å². The summed E-state index contributed by atoms with van der Waals surface area (Å²) >= 11 is 0. The van der Waals surface area contributed by atoms with Gasteiger partial charge in [0.1, 0.15) is 6.04 Å². The van der Waals surface area contributed by atoms with Crippen molar-refractivity contribution < 1.29 is 14.7 Å². The lowest BCUT2D eigenvalue weighted by molar-refractivity contribution is -0.143. The van der Waals surface area contributed by atoms with E-state index in [1.54, 1.807) is 0 Å². The van der Waals surface area contributed by atoms with E-state index in [4.69, 9.17) is 5.11 Å². The van der Waals surface area contributed by atoms with E-state index >= 15 is 0 Å². The Bertz CT molecular complexity index is 268. The molecular weight excluding hydrogens is 218 g/mol. The van der Waals surface area contributed by atoms with Crippen molar-refractivity contribution in [2.45, 2.75) is 58.4 Å². The molecule has 1 saturated carbocycles. The first-order valence-corrected chi connectivity index (χ1v) is 6.63. The molecule has 4 nitrogen and oxygen atoms in total. The number of hydrogen-bond donors (Lipinski definition) is 2. The minimum absolute atomic E-state index is 0.0226. The van der Waals surface area contributed by atoms with Crippen molar-refractivity contribution in [3.63, 3.8) is 0 Å². The lowest BCUT2D eigenvalue weighted by atomic mass is 9.96. The maximum absolute atomic E-state index is 12.0. The highest BCUT2D eigenvalue weighted by Gasteiger charge is 2.38. The molecule has 1 aliphatic rings. The zero-order chi connectivity index (χ0) is 12.8. The second-order valence-electron chi connectivity index (χ2n) is 4.94. The van der Waals surface area contributed by atoms with E-state index in [1.165, 1.54) is 0 Å². The van der Waals surface area contributed by atoms with Gasteiger partial charge in [-0.25, -0.2) is 4.79 Å². The molecule has 0 aromatic heterocycles. The van der Waals surface area contributed by atoms with Crippen LogP contribution in [-0.4, -0.2) is 23.0 Å². The first-order chi connectivity index (χ1) is 8.10. The van der Waals surface area contributed by atoms with E-state index in [9.17, 15) is 9.59 Å². The molecule has 1 fully saturated rings. The number of hydrogen-bond acceptors (Lipinski definition) is 2. The summed E-state index contributed by atoms with van der Waals surface area (Å²) in [7, 11) is 0. The Morgan fingerprint density at radius 2 is 1.76 bits per heavy atom. The SMILES string of the molecule is CCCC(CCC)C(=O)NC(C(=O)O)C1CC1. The van der Waals surface area contributed by atoms with Crippen molar-refractivity contribution in [3.8, 4) is 0 Å². The summed E-state index contributed by atoms with van der Waals surface area (Å²) in [5.74, 6) is -0.841. The molecule has 1 rings (SSSR count). The Morgan fingerprint density at radius 1 is 1.24 bits per heavy atom. The van der Waals surface area contributed by atoms with Crippen LogP contribution in [-0.2, 0) is 9.59 Å². The summed E-state index contributed by atoms with van der Waals surface area (Å²) in [5, 5.41) is 11.8. The van der Waals surface area contributed by atoms with E-state index in [1.807, 2.05) is 13.8 Å². The molecule has 0 bridgehead atoms. The summed E-state index contributed by atoms with van der Waals surface area (Å²) in [6, 6.07) is -0.668. The summed E-state index contributed by atoms with van der Waals surface area (Å²) in [6.07, 6.45) is 5.44. The lowest BCUT2D eigenvalue weighted by Crippen LogP contribution is -2.45. The molecule has 0 saturated heterocycles. The quantitative estimate of drug-likeness (QED) is 0.684. The van der Waals surface area contributed by atoms with E-state index in [0.717, 1.165) is 38.5 Å². The van der Waals surface area contributed by atoms with Crippen molar-refractivity contribution in [2.75, 3.05) is 0 Å². The number of aliphatic carboxylic acids is 1. The molecule has 0 heterocycles. The second-order valence-corrected chi connectivity index (χ2v) is 4.94. The third kappa shape index (κ3) is 4.36. The fourth-order valence-electron chi connectivity index (χ4n) is 2.19. The normalized spacial score (nSPS) is 16.9. The largest absolute Gasteiger partial charge is 0.480 e. The molecule has 1 aliphatic carbocycles. The van der Waals surface area contributed by atoms with Gasteiger partial charge in [-0.3, -0.25) is 4.79 Å². The van der Waals surface area contributed by atoms with Gasteiger partial charge in [-0.1, -0.05) is 26.7 Å². The molecule has 0 spiro atoms.